The maximum Gasteiger partial charge on any atom is 0.103 e. The summed E-state index contributed by atoms with van der Waals surface area (Å²) in [6.07, 6.45) is 6.96. The number of H-pyrrole nitrogens is 1. The molecule has 0 aliphatic carbocycles. The molecule has 4 aromatic rings. The molecule has 5 rings (SSSR count). The van der Waals surface area contributed by atoms with E-state index in [1.807, 2.05) is 36.4 Å². The van der Waals surface area contributed by atoms with Crippen molar-refractivity contribution in [3.63, 3.8) is 0 Å². The molecule has 1 unspecified atom stereocenters. The number of aromatic amines is 1. The Hall–Kier alpha value is -3.04. The third kappa shape index (κ3) is 8.76. The fourth-order valence-corrected chi connectivity index (χ4v) is 6.27. The van der Waals surface area contributed by atoms with E-state index >= 15 is 0 Å². The fourth-order valence-electron chi connectivity index (χ4n) is 6.27. The molecule has 0 saturated carbocycles. The molecule has 1 aliphatic heterocycles. The second kappa shape index (κ2) is 16.7. The summed E-state index contributed by atoms with van der Waals surface area (Å²) in [6, 6.07) is 28.9. The summed E-state index contributed by atoms with van der Waals surface area (Å²) in [5.74, 6) is 0. The van der Waals surface area contributed by atoms with Crippen LogP contribution in [-0.4, -0.2) is 72.1 Å². The van der Waals surface area contributed by atoms with Gasteiger partial charge in [-0.2, -0.15) is 0 Å². The highest BCUT2D eigenvalue weighted by atomic mass is 16.5. The first kappa shape index (κ1) is 31.4. The second-order valence-electron chi connectivity index (χ2n) is 11.6. The van der Waals surface area contributed by atoms with Crippen LogP contribution in [0.25, 0.3) is 10.9 Å². The average Bonchev–Trinajstić information content (AvgIpc) is 3.47. The Balaban J connectivity index is 1.36. The zero-order chi connectivity index (χ0) is 29.7. The lowest BCUT2D eigenvalue weighted by Gasteiger charge is -2.48. The van der Waals surface area contributed by atoms with Gasteiger partial charge >= 0.3 is 0 Å². The van der Waals surface area contributed by atoms with E-state index in [-0.39, 0.29) is 30.9 Å². The highest BCUT2D eigenvalue weighted by molar-refractivity contribution is 5.83. The van der Waals surface area contributed by atoms with Crippen molar-refractivity contribution in [2.45, 2.75) is 69.6 Å². The highest BCUT2D eigenvalue weighted by Gasteiger charge is 2.44. The van der Waals surface area contributed by atoms with Crippen molar-refractivity contribution < 1.29 is 14.6 Å². The number of likely N-dealkylation sites (tertiary alicyclic amines) is 1. The summed E-state index contributed by atoms with van der Waals surface area (Å²) < 4.78 is 13.4. The maximum absolute atomic E-state index is 10.8. The minimum atomic E-state index is -0.305. The van der Waals surface area contributed by atoms with Crippen LogP contribution in [0, 0.1) is 0 Å². The molecule has 4 atom stereocenters. The molecule has 43 heavy (non-hydrogen) atoms. The Morgan fingerprint density at radius 3 is 2.16 bits per heavy atom. The van der Waals surface area contributed by atoms with E-state index in [1.54, 1.807) is 0 Å². The normalized spacial score (nSPS) is 21.0. The van der Waals surface area contributed by atoms with Crippen LogP contribution in [-0.2, 0) is 29.1 Å². The van der Waals surface area contributed by atoms with E-state index in [4.69, 9.17) is 15.2 Å². The van der Waals surface area contributed by atoms with Gasteiger partial charge in [0.25, 0.3) is 0 Å². The van der Waals surface area contributed by atoms with Crippen molar-refractivity contribution >= 4 is 10.9 Å². The number of piperidine rings is 1. The number of nitrogens with one attached hydrogen (secondary N) is 2. The minimum Gasteiger partial charge on any atom is -0.395 e. The number of aromatic nitrogens is 1. The van der Waals surface area contributed by atoms with Crippen LogP contribution in [0.15, 0.2) is 91.1 Å². The molecule has 0 radical (unpaired) electrons. The Morgan fingerprint density at radius 2 is 1.47 bits per heavy atom. The number of benzene rings is 3. The fraction of sp³-hybridized carbons (Fsp3) is 0.444. The van der Waals surface area contributed by atoms with Crippen LogP contribution in [0.4, 0.5) is 0 Å². The third-order valence-corrected chi connectivity index (χ3v) is 8.64. The smallest absolute Gasteiger partial charge is 0.103 e. The summed E-state index contributed by atoms with van der Waals surface area (Å²) >= 11 is 0. The van der Waals surface area contributed by atoms with Gasteiger partial charge in [0.2, 0.25) is 0 Å². The van der Waals surface area contributed by atoms with E-state index in [9.17, 15) is 5.11 Å². The number of aliphatic hydroxyl groups excluding tert-OH is 1. The summed E-state index contributed by atoms with van der Waals surface area (Å²) in [6.45, 7) is 4.23. The minimum absolute atomic E-state index is 0.00431. The number of hydrogen-bond donors (Lipinski definition) is 4. The largest absolute Gasteiger partial charge is 0.395 e. The number of fused-ring (bicyclic) bond motifs is 1. The molecule has 0 amide bonds. The molecule has 1 fully saturated rings. The van der Waals surface area contributed by atoms with Crippen LogP contribution in [0.1, 0.15) is 42.4 Å². The molecule has 2 heterocycles. The third-order valence-electron chi connectivity index (χ3n) is 8.64. The SMILES string of the molecule is NCCCCCCN[C@H]1CN(CCc2c[nH]c3ccccc23)[C@@H](CO)C(OCc2ccccc2)[C@@H]1OCc1ccccc1. The molecule has 1 aromatic heterocycles. The summed E-state index contributed by atoms with van der Waals surface area (Å²) in [5.41, 5.74) is 10.4. The molecule has 7 nitrogen and oxygen atoms in total. The lowest BCUT2D eigenvalue weighted by atomic mass is 9.91. The van der Waals surface area contributed by atoms with E-state index in [2.05, 4.69) is 69.9 Å². The van der Waals surface area contributed by atoms with Crippen molar-refractivity contribution in [2.24, 2.45) is 5.73 Å². The van der Waals surface area contributed by atoms with Crippen LogP contribution >= 0.6 is 0 Å². The van der Waals surface area contributed by atoms with Gasteiger partial charge in [-0.25, -0.2) is 0 Å². The second-order valence-corrected chi connectivity index (χ2v) is 11.6. The van der Waals surface area contributed by atoms with Crippen molar-refractivity contribution in [1.82, 2.24) is 15.2 Å². The van der Waals surface area contributed by atoms with Gasteiger partial charge in [-0.1, -0.05) is 91.7 Å². The van der Waals surface area contributed by atoms with Crippen molar-refractivity contribution in [2.75, 3.05) is 32.8 Å². The zero-order valence-corrected chi connectivity index (χ0v) is 25.2. The van der Waals surface area contributed by atoms with Gasteiger partial charge in [-0.05, 0) is 55.1 Å². The Morgan fingerprint density at radius 1 is 0.814 bits per heavy atom. The first-order valence-electron chi connectivity index (χ1n) is 15.9. The van der Waals surface area contributed by atoms with Gasteiger partial charge in [-0.3, -0.25) is 4.90 Å². The molecular formula is C36H48N4O3. The number of aliphatic hydroxyl groups is 1. The van der Waals surface area contributed by atoms with Gasteiger partial charge < -0.3 is 30.6 Å². The molecule has 3 aromatic carbocycles. The van der Waals surface area contributed by atoms with Crippen molar-refractivity contribution in [3.8, 4) is 0 Å². The van der Waals surface area contributed by atoms with Crippen LogP contribution in [0.5, 0.6) is 0 Å². The molecule has 230 valence electrons. The standard InChI is InChI=1S/C36H48N4O3/c37-20-11-1-2-12-21-38-33-24-40(22-19-30-23-39-32-18-10-9-17-31(30)32)34(25-41)36(43-27-29-15-7-4-8-16-29)35(33)42-26-28-13-5-3-6-14-28/h3-10,13-18,23,33-36,38-39,41H,1-2,11-12,19-22,24-27,37H2/t33-,34-,35+,36?/m0/s1. The first-order chi connectivity index (χ1) is 21.3. The van der Waals surface area contributed by atoms with Gasteiger partial charge in [0.1, 0.15) is 12.2 Å². The van der Waals surface area contributed by atoms with Crippen LogP contribution < -0.4 is 11.1 Å². The zero-order valence-electron chi connectivity index (χ0n) is 25.2. The van der Waals surface area contributed by atoms with Gasteiger partial charge in [-0.15, -0.1) is 0 Å². The number of para-hydroxylation sites is 1. The summed E-state index contributed by atoms with van der Waals surface area (Å²) in [4.78, 5) is 5.82. The maximum atomic E-state index is 10.8. The Bertz CT molecular complexity index is 1330. The van der Waals surface area contributed by atoms with Crippen LogP contribution in [0.2, 0.25) is 0 Å². The molecular weight excluding hydrogens is 536 g/mol. The molecule has 0 spiro atoms. The number of unbranched alkanes of at least 4 members (excludes halogenated alkanes) is 3. The lowest BCUT2D eigenvalue weighted by molar-refractivity contribution is -0.164. The van der Waals surface area contributed by atoms with Crippen molar-refractivity contribution in [1.29, 1.82) is 0 Å². The summed E-state index contributed by atoms with van der Waals surface area (Å²) in [7, 11) is 0. The van der Waals surface area contributed by atoms with Crippen molar-refractivity contribution in [3.05, 3.63) is 108 Å². The van der Waals surface area contributed by atoms with Gasteiger partial charge in [0, 0.05) is 36.2 Å². The molecule has 1 saturated heterocycles. The highest BCUT2D eigenvalue weighted by Crippen LogP contribution is 2.28. The number of hydrogen-bond acceptors (Lipinski definition) is 6. The number of nitrogens with zero attached hydrogens (tertiary/aromatic N) is 1. The molecule has 1 aliphatic rings. The number of ether oxygens (including phenoxy) is 2. The number of nitrogens with two attached hydrogens (primary N) is 1. The predicted octanol–water partition coefficient (Wildman–Crippen LogP) is 5.04. The molecule has 0 bridgehead atoms. The van der Waals surface area contributed by atoms with Gasteiger partial charge in [0.05, 0.1) is 25.9 Å². The quantitative estimate of drug-likeness (QED) is 0.130. The average molecular weight is 585 g/mol. The first-order valence-corrected chi connectivity index (χ1v) is 15.9. The van der Waals surface area contributed by atoms with Crippen LogP contribution in [0.3, 0.4) is 0 Å². The predicted molar refractivity (Wildman–Crippen MR) is 174 cm³/mol. The Kier molecular flexibility index (Phi) is 12.2. The van der Waals surface area contributed by atoms with E-state index in [0.717, 1.165) is 74.9 Å². The monoisotopic (exact) mass is 584 g/mol. The topological polar surface area (TPSA) is 95.8 Å². The summed E-state index contributed by atoms with van der Waals surface area (Å²) in [5, 5.41) is 15.9. The molecule has 7 heteroatoms. The van der Waals surface area contributed by atoms with E-state index in [1.165, 1.54) is 10.9 Å². The van der Waals surface area contributed by atoms with E-state index < -0.39 is 0 Å². The lowest BCUT2D eigenvalue weighted by Crippen LogP contribution is -2.67. The number of rotatable bonds is 17. The Labute approximate surface area is 256 Å². The molecule has 5 N–H and O–H groups in total. The van der Waals surface area contributed by atoms with Gasteiger partial charge in [0.15, 0.2) is 0 Å². The van der Waals surface area contributed by atoms with E-state index in [0.29, 0.717) is 13.2 Å².